The van der Waals surface area contributed by atoms with Crippen LogP contribution in [0.1, 0.15) is 25.3 Å². The van der Waals surface area contributed by atoms with E-state index in [9.17, 15) is 9.90 Å². The summed E-state index contributed by atoms with van der Waals surface area (Å²) in [5, 5.41) is 12.7. The van der Waals surface area contributed by atoms with E-state index < -0.39 is 0 Å². The van der Waals surface area contributed by atoms with Gasteiger partial charge < -0.3 is 20.2 Å². The lowest BCUT2D eigenvalue weighted by atomic mass is 10.1. The summed E-state index contributed by atoms with van der Waals surface area (Å²) in [7, 11) is 0. The van der Waals surface area contributed by atoms with Gasteiger partial charge in [-0.3, -0.25) is 0 Å². The van der Waals surface area contributed by atoms with Gasteiger partial charge in [-0.05, 0) is 37.8 Å². The second kappa shape index (κ2) is 6.57. The maximum Gasteiger partial charge on any atom is 0.317 e. The summed E-state index contributed by atoms with van der Waals surface area (Å²) >= 11 is 0. The summed E-state index contributed by atoms with van der Waals surface area (Å²) in [6.45, 7) is 4.97. The van der Waals surface area contributed by atoms with Crippen molar-refractivity contribution in [2.75, 3.05) is 31.1 Å². The van der Waals surface area contributed by atoms with Crippen LogP contribution in [0, 0.1) is 0 Å². The summed E-state index contributed by atoms with van der Waals surface area (Å²) in [6, 6.07) is 8.69. The first-order valence-electron chi connectivity index (χ1n) is 8.20. The lowest BCUT2D eigenvalue weighted by Crippen LogP contribution is -2.50. The highest BCUT2D eigenvalue weighted by atomic mass is 16.3. The first-order valence-corrected chi connectivity index (χ1v) is 8.20. The zero-order chi connectivity index (χ0) is 15.5. The second-order valence-corrected chi connectivity index (χ2v) is 6.35. The molecule has 0 spiro atoms. The van der Waals surface area contributed by atoms with E-state index >= 15 is 0 Å². The van der Waals surface area contributed by atoms with E-state index in [2.05, 4.69) is 41.4 Å². The zero-order valence-corrected chi connectivity index (χ0v) is 13.2. The van der Waals surface area contributed by atoms with Gasteiger partial charge in [0.2, 0.25) is 0 Å². The van der Waals surface area contributed by atoms with Crippen LogP contribution in [0.5, 0.6) is 0 Å². The molecule has 0 aromatic heterocycles. The monoisotopic (exact) mass is 303 g/mol. The van der Waals surface area contributed by atoms with Crippen molar-refractivity contribution < 1.29 is 9.90 Å². The minimum atomic E-state index is -0.373. The van der Waals surface area contributed by atoms with Gasteiger partial charge in [-0.1, -0.05) is 18.2 Å². The van der Waals surface area contributed by atoms with Crippen LogP contribution in [0.15, 0.2) is 24.3 Å². The van der Waals surface area contributed by atoms with E-state index in [-0.39, 0.29) is 18.2 Å². The van der Waals surface area contributed by atoms with E-state index in [0.29, 0.717) is 13.1 Å². The molecule has 2 heterocycles. The fourth-order valence-corrected chi connectivity index (χ4v) is 3.42. The summed E-state index contributed by atoms with van der Waals surface area (Å²) < 4.78 is 0. The number of hydrogen-bond acceptors (Lipinski definition) is 3. The van der Waals surface area contributed by atoms with Crippen molar-refractivity contribution in [1.82, 2.24) is 10.2 Å². The summed E-state index contributed by atoms with van der Waals surface area (Å²) in [5.74, 6) is 0. The number of nitrogens with zero attached hydrogens (tertiary/aromatic N) is 2. The Balaban J connectivity index is 1.52. The quantitative estimate of drug-likeness (QED) is 0.892. The van der Waals surface area contributed by atoms with Crippen LogP contribution in [0.3, 0.4) is 0 Å². The van der Waals surface area contributed by atoms with Gasteiger partial charge in [0.25, 0.3) is 0 Å². The number of benzene rings is 1. The minimum Gasteiger partial charge on any atom is -0.391 e. The van der Waals surface area contributed by atoms with Gasteiger partial charge in [0, 0.05) is 37.9 Å². The van der Waals surface area contributed by atoms with E-state index in [1.54, 1.807) is 4.90 Å². The normalized spacial score (nSPS) is 22.4. The fourth-order valence-electron chi connectivity index (χ4n) is 3.42. The molecule has 2 amide bonds. The highest BCUT2D eigenvalue weighted by molar-refractivity contribution is 5.74. The molecule has 2 aliphatic rings. The molecule has 0 aliphatic carbocycles. The van der Waals surface area contributed by atoms with E-state index in [1.807, 2.05) is 0 Å². The Labute approximate surface area is 131 Å². The first-order chi connectivity index (χ1) is 10.6. The van der Waals surface area contributed by atoms with E-state index in [1.165, 1.54) is 11.3 Å². The number of aliphatic hydroxyl groups is 1. The van der Waals surface area contributed by atoms with Crippen molar-refractivity contribution >= 4 is 11.7 Å². The van der Waals surface area contributed by atoms with Gasteiger partial charge in [0.05, 0.1) is 6.10 Å². The summed E-state index contributed by atoms with van der Waals surface area (Å²) in [5.41, 5.74) is 2.68. The Kier molecular flexibility index (Phi) is 4.52. The predicted octanol–water partition coefficient (Wildman–Crippen LogP) is 1.60. The number of nitrogens with one attached hydrogen (secondary N) is 1. The lowest BCUT2D eigenvalue weighted by molar-refractivity contribution is 0.0842. The number of fused-ring (bicyclic) bond motifs is 1. The third-order valence-corrected chi connectivity index (χ3v) is 4.69. The molecule has 1 aromatic carbocycles. The number of rotatable bonds is 3. The van der Waals surface area contributed by atoms with Crippen LogP contribution < -0.4 is 10.2 Å². The molecule has 2 unspecified atom stereocenters. The number of likely N-dealkylation sites (tertiary alicyclic amines) is 1. The van der Waals surface area contributed by atoms with Gasteiger partial charge >= 0.3 is 6.03 Å². The molecule has 2 atom stereocenters. The summed E-state index contributed by atoms with van der Waals surface area (Å²) in [4.78, 5) is 16.3. The lowest BCUT2D eigenvalue weighted by Gasteiger charge is -2.32. The van der Waals surface area contributed by atoms with Gasteiger partial charge in [-0.2, -0.15) is 0 Å². The van der Waals surface area contributed by atoms with Crippen LogP contribution in [-0.4, -0.2) is 54.4 Å². The number of piperidine rings is 1. The molecule has 0 bridgehead atoms. The zero-order valence-electron chi connectivity index (χ0n) is 13.2. The average molecular weight is 303 g/mol. The highest BCUT2D eigenvalue weighted by Gasteiger charge is 2.25. The van der Waals surface area contributed by atoms with E-state index in [4.69, 9.17) is 0 Å². The number of aliphatic hydroxyl groups excluding tert-OH is 1. The molecule has 0 radical (unpaired) electrons. The summed E-state index contributed by atoms with van der Waals surface area (Å²) in [6.07, 6.45) is 2.38. The van der Waals surface area contributed by atoms with Gasteiger partial charge in [0.1, 0.15) is 0 Å². The third kappa shape index (κ3) is 3.19. The Hall–Kier alpha value is -1.75. The number of urea groups is 1. The maximum absolute atomic E-state index is 12.2. The average Bonchev–Trinajstić information content (AvgIpc) is 2.96. The molecule has 2 N–H and O–H groups in total. The van der Waals surface area contributed by atoms with Crippen LogP contribution in [0.25, 0.3) is 0 Å². The number of β-amino-alcohol motifs (C(OH)–C–C–N with tert-alkyl or cyclic N) is 1. The Morgan fingerprint density at radius 1 is 1.41 bits per heavy atom. The topological polar surface area (TPSA) is 55.8 Å². The molecule has 1 fully saturated rings. The fraction of sp³-hybridized carbons (Fsp3) is 0.588. The molecule has 1 aromatic rings. The van der Waals surface area contributed by atoms with Gasteiger partial charge in [0.15, 0.2) is 0 Å². The molecule has 5 nitrogen and oxygen atoms in total. The molecule has 0 saturated carbocycles. The van der Waals surface area contributed by atoms with Gasteiger partial charge in [-0.15, -0.1) is 0 Å². The van der Waals surface area contributed by atoms with Crippen molar-refractivity contribution in [3.05, 3.63) is 29.8 Å². The maximum atomic E-state index is 12.2. The van der Waals surface area contributed by atoms with Crippen molar-refractivity contribution in [3.63, 3.8) is 0 Å². The number of anilines is 1. The van der Waals surface area contributed by atoms with Crippen molar-refractivity contribution in [2.24, 2.45) is 0 Å². The predicted molar refractivity (Wildman–Crippen MR) is 87.2 cm³/mol. The first kappa shape index (κ1) is 15.2. The SMILES string of the molecule is CC(CNC(=O)N1CCCC(O)C1)N1CCc2ccccc21. The second-order valence-electron chi connectivity index (χ2n) is 6.35. The van der Waals surface area contributed by atoms with E-state index in [0.717, 1.165) is 32.4 Å². The largest absolute Gasteiger partial charge is 0.391 e. The molecule has 1 saturated heterocycles. The highest BCUT2D eigenvalue weighted by Crippen LogP contribution is 2.28. The molecular formula is C17H25N3O2. The minimum absolute atomic E-state index is 0.0573. The standard InChI is InChI=1S/C17H25N3O2/c1-13(20-10-8-14-5-2-3-7-16(14)20)11-18-17(22)19-9-4-6-15(21)12-19/h2-3,5,7,13,15,21H,4,6,8-12H2,1H3,(H,18,22). The Morgan fingerprint density at radius 3 is 3.05 bits per heavy atom. The van der Waals surface area contributed by atoms with Crippen molar-refractivity contribution in [1.29, 1.82) is 0 Å². The number of hydrogen-bond donors (Lipinski definition) is 2. The number of carbonyl (C=O) groups is 1. The number of para-hydroxylation sites is 1. The smallest absolute Gasteiger partial charge is 0.317 e. The Bertz CT molecular complexity index is 534. The Morgan fingerprint density at radius 2 is 2.23 bits per heavy atom. The molecule has 2 aliphatic heterocycles. The molecule has 5 heteroatoms. The third-order valence-electron chi connectivity index (χ3n) is 4.69. The van der Waals surface area contributed by atoms with Gasteiger partial charge in [-0.25, -0.2) is 4.79 Å². The molecular weight excluding hydrogens is 278 g/mol. The van der Waals surface area contributed by atoms with Crippen molar-refractivity contribution in [2.45, 2.75) is 38.3 Å². The van der Waals surface area contributed by atoms with Crippen molar-refractivity contribution in [3.8, 4) is 0 Å². The molecule has 3 rings (SSSR count). The number of carbonyl (C=O) groups excluding carboxylic acids is 1. The van der Waals surface area contributed by atoms with Crippen LogP contribution in [-0.2, 0) is 6.42 Å². The molecule has 120 valence electrons. The van der Waals surface area contributed by atoms with Crippen LogP contribution in [0.4, 0.5) is 10.5 Å². The molecule has 22 heavy (non-hydrogen) atoms. The van der Waals surface area contributed by atoms with Crippen LogP contribution in [0.2, 0.25) is 0 Å². The number of amides is 2. The van der Waals surface area contributed by atoms with Crippen LogP contribution >= 0.6 is 0 Å².